The summed E-state index contributed by atoms with van der Waals surface area (Å²) < 4.78 is 28.5. The molecule has 0 bridgehead atoms. The molecule has 2 aliphatic heterocycles. The van der Waals surface area contributed by atoms with Crippen molar-refractivity contribution in [1.82, 2.24) is 0 Å². The molecular formula is C22H38O7. The maximum atomic E-state index is 11.2. The van der Waals surface area contributed by atoms with Crippen molar-refractivity contribution < 1.29 is 33.6 Å². The van der Waals surface area contributed by atoms with Gasteiger partial charge in [0.25, 0.3) is 0 Å². The molecule has 7 nitrogen and oxygen atoms in total. The van der Waals surface area contributed by atoms with Gasteiger partial charge in [-0.25, -0.2) is 0 Å². The van der Waals surface area contributed by atoms with Crippen LogP contribution in [-0.2, 0) is 28.5 Å². The van der Waals surface area contributed by atoms with E-state index in [4.69, 9.17) is 18.9 Å². The van der Waals surface area contributed by atoms with E-state index >= 15 is 0 Å². The lowest BCUT2D eigenvalue weighted by Crippen LogP contribution is -2.39. The van der Waals surface area contributed by atoms with E-state index < -0.39 is 0 Å². The third-order valence-electron chi connectivity index (χ3n) is 6.54. The van der Waals surface area contributed by atoms with Gasteiger partial charge in [0.2, 0.25) is 0 Å². The van der Waals surface area contributed by atoms with Crippen molar-refractivity contribution >= 4 is 5.97 Å². The Hall–Kier alpha value is -0.730. The largest absolute Gasteiger partial charge is 0.469 e. The van der Waals surface area contributed by atoms with Crippen LogP contribution in [0.4, 0.5) is 0 Å². The summed E-state index contributed by atoms with van der Waals surface area (Å²) in [5, 5.41) is 10.8. The van der Waals surface area contributed by atoms with E-state index in [1.54, 1.807) is 0 Å². The molecule has 2 saturated heterocycles. The summed E-state index contributed by atoms with van der Waals surface area (Å²) in [6.07, 6.45) is 8.24. The van der Waals surface area contributed by atoms with Crippen molar-refractivity contribution in [2.75, 3.05) is 20.3 Å². The van der Waals surface area contributed by atoms with Crippen LogP contribution in [0.2, 0.25) is 0 Å². The summed E-state index contributed by atoms with van der Waals surface area (Å²) in [6.45, 7) is 3.22. The molecular weight excluding hydrogens is 376 g/mol. The zero-order valence-electron chi connectivity index (χ0n) is 17.9. The molecule has 0 amide bonds. The van der Waals surface area contributed by atoms with Crippen LogP contribution in [0.15, 0.2) is 0 Å². The lowest BCUT2D eigenvalue weighted by Gasteiger charge is -2.33. The van der Waals surface area contributed by atoms with Gasteiger partial charge < -0.3 is 28.8 Å². The number of hydrogen-bond donors (Lipinski definition) is 1. The molecule has 2 unspecified atom stereocenters. The number of ether oxygens (including phenoxy) is 5. The highest BCUT2D eigenvalue weighted by Crippen LogP contribution is 2.43. The molecule has 1 aliphatic carbocycles. The molecule has 0 radical (unpaired) electrons. The fraction of sp³-hybridized carbons (Fsp3) is 0.955. The number of hydrogen-bond acceptors (Lipinski definition) is 7. The quantitative estimate of drug-likeness (QED) is 0.434. The van der Waals surface area contributed by atoms with Crippen LogP contribution in [0, 0.1) is 11.8 Å². The number of aliphatic hydroxyl groups is 1. The van der Waals surface area contributed by atoms with Crippen LogP contribution in [0.3, 0.4) is 0 Å². The fourth-order valence-corrected chi connectivity index (χ4v) is 5.02. The second kappa shape index (κ2) is 11.6. The van der Waals surface area contributed by atoms with Crippen molar-refractivity contribution in [3.8, 4) is 0 Å². The zero-order valence-corrected chi connectivity index (χ0v) is 17.9. The van der Waals surface area contributed by atoms with Gasteiger partial charge >= 0.3 is 5.97 Å². The summed E-state index contributed by atoms with van der Waals surface area (Å²) in [7, 11) is 1.43. The smallest absolute Gasteiger partial charge is 0.305 e. The van der Waals surface area contributed by atoms with E-state index in [9.17, 15) is 9.90 Å². The Kier molecular flexibility index (Phi) is 9.18. The molecule has 3 aliphatic rings. The predicted molar refractivity (Wildman–Crippen MR) is 106 cm³/mol. The van der Waals surface area contributed by atoms with Gasteiger partial charge in [-0.2, -0.15) is 0 Å². The van der Waals surface area contributed by atoms with Crippen LogP contribution >= 0.6 is 0 Å². The Bertz CT molecular complexity index is 494. The Morgan fingerprint density at radius 3 is 2.66 bits per heavy atom. The minimum atomic E-state index is -0.386. The average molecular weight is 415 g/mol. The Morgan fingerprint density at radius 1 is 1.14 bits per heavy atom. The summed E-state index contributed by atoms with van der Waals surface area (Å²) in [5.41, 5.74) is 0. The molecule has 0 spiro atoms. The highest BCUT2D eigenvalue weighted by molar-refractivity contribution is 5.68. The SMILES string of the molecule is COC(=O)CCCCCC[C@@H]1[C@@H]([C@@H]2COC(C)O2)[C@H](OC2CCCCO2)C[C@@H]1O. The van der Waals surface area contributed by atoms with Gasteiger partial charge in [-0.15, -0.1) is 0 Å². The number of rotatable bonds is 10. The second-order valence-corrected chi connectivity index (χ2v) is 8.62. The van der Waals surface area contributed by atoms with E-state index in [1.807, 2.05) is 6.92 Å². The van der Waals surface area contributed by atoms with Gasteiger partial charge in [-0.05, 0) is 44.9 Å². The molecule has 0 aromatic rings. The van der Waals surface area contributed by atoms with E-state index in [0.29, 0.717) is 19.4 Å². The minimum Gasteiger partial charge on any atom is -0.469 e. The van der Waals surface area contributed by atoms with Gasteiger partial charge in [-0.3, -0.25) is 4.79 Å². The molecule has 1 N–H and O–H groups in total. The molecule has 3 fully saturated rings. The van der Waals surface area contributed by atoms with Crippen LogP contribution in [0.1, 0.15) is 71.1 Å². The van der Waals surface area contributed by atoms with Crippen LogP contribution in [0.25, 0.3) is 0 Å². The molecule has 29 heavy (non-hydrogen) atoms. The number of methoxy groups -OCH3 is 1. The summed E-state index contributed by atoms with van der Waals surface area (Å²) >= 11 is 0. The van der Waals surface area contributed by atoms with Crippen molar-refractivity contribution in [1.29, 1.82) is 0 Å². The van der Waals surface area contributed by atoms with E-state index in [0.717, 1.165) is 58.0 Å². The van der Waals surface area contributed by atoms with Gasteiger partial charge in [0.05, 0.1) is 32.0 Å². The maximum Gasteiger partial charge on any atom is 0.305 e. The van der Waals surface area contributed by atoms with Gasteiger partial charge in [0.15, 0.2) is 12.6 Å². The first-order valence-electron chi connectivity index (χ1n) is 11.4. The minimum absolute atomic E-state index is 0.0416. The third-order valence-corrected chi connectivity index (χ3v) is 6.54. The predicted octanol–water partition coefficient (Wildman–Crippen LogP) is 3.17. The van der Waals surface area contributed by atoms with Crippen molar-refractivity contribution in [2.45, 2.75) is 102 Å². The van der Waals surface area contributed by atoms with Gasteiger partial charge in [0, 0.05) is 25.4 Å². The molecule has 7 atom stereocenters. The van der Waals surface area contributed by atoms with Gasteiger partial charge in [0.1, 0.15) is 0 Å². The maximum absolute atomic E-state index is 11.2. The molecule has 7 heteroatoms. The normalized spacial score (nSPS) is 37.7. The topological polar surface area (TPSA) is 83.5 Å². The molecule has 2 heterocycles. The summed E-state index contributed by atoms with van der Waals surface area (Å²) in [6, 6.07) is 0. The third kappa shape index (κ3) is 6.62. The first-order chi connectivity index (χ1) is 14.1. The van der Waals surface area contributed by atoms with E-state index in [-0.39, 0.29) is 48.7 Å². The number of esters is 1. The Labute approximate surface area is 174 Å². The molecule has 3 rings (SSSR count). The van der Waals surface area contributed by atoms with Crippen LogP contribution in [-0.4, -0.2) is 62.3 Å². The van der Waals surface area contributed by atoms with Crippen LogP contribution in [0.5, 0.6) is 0 Å². The first-order valence-corrected chi connectivity index (χ1v) is 11.4. The molecule has 0 aromatic heterocycles. The molecule has 0 aromatic carbocycles. The fourth-order valence-electron chi connectivity index (χ4n) is 5.02. The number of carbonyl (C=O) groups excluding carboxylic acids is 1. The zero-order chi connectivity index (χ0) is 20.6. The van der Waals surface area contributed by atoms with Crippen molar-refractivity contribution in [3.63, 3.8) is 0 Å². The van der Waals surface area contributed by atoms with Crippen molar-refractivity contribution in [3.05, 3.63) is 0 Å². The Balaban J connectivity index is 1.51. The number of carbonyl (C=O) groups is 1. The standard InChI is InChI=1S/C22H38O7/c1-15-27-14-19(28-15)22-16(9-5-3-4-6-10-20(24)25-2)17(23)13-18(22)29-21-11-7-8-12-26-21/h15-19,21-23H,3-14H2,1-2H3/t15?,16-,17-,18+,19-,21?,22+/m0/s1. The monoisotopic (exact) mass is 414 g/mol. The number of unbranched alkanes of at least 4 members (excludes halogenated alkanes) is 3. The van der Waals surface area contributed by atoms with E-state index in [2.05, 4.69) is 4.74 Å². The number of aliphatic hydroxyl groups excluding tert-OH is 1. The van der Waals surface area contributed by atoms with E-state index in [1.165, 1.54) is 7.11 Å². The molecule has 1 saturated carbocycles. The highest BCUT2D eigenvalue weighted by Gasteiger charge is 2.49. The summed E-state index contributed by atoms with van der Waals surface area (Å²) in [5.74, 6) is 0.118. The van der Waals surface area contributed by atoms with Crippen molar-refractivity contribution in [2.24, 2.45) is 11.8 Å². The lowest BCUT2D eigenvalue weighted by atomic mass is 9.84. The lowest BCUT2D eigenvalue weighted by molar-refractivity contribution is -0.203. The highest BCUT2D eigenvalue weighted by atomic mass is 16.7. The first kappa shape index (κ1) is 22.9. The average Bonchev–Trinajstić information content (AvgIpc) is 3.27. The molecule has 168 valence electrons. The Morgan fingerprint density at radius 2 is 1.97 bits per heavy atom. The van der Waals surface area contributed by atoms with Gasteiger partial charge in [-0.1, -0.05) is 19.3 Å². The summed E-state index contributed by atoms with van der Waals surface area (Å²) in [4.78, 5) is 11.2. The van der Waals surface area contributed by atoms with Crippen LogP contribution < -0.4 is 0 Å². The second-order valence-electron chi connectivity index (χ2n) is 8.62.